The molecule has 56 valence electrons. The van der Waals surface area contributed by atoms with Crippen molar-refractivity contribution in [3.8, 4) is 5.75 Å². The molecule has 1 N–H and O–H groups in total. The molecular weight excluding hydrogens is 196 g/mol. The molecule has 1 aromatic rings. The zero-order valence-corrected chi connectivity index (χ0v) is 7.31. The average Bonchev–Trinajstić information content (AvgIpc) is 2.31. The number of hydrogen-bond donors (Lipinski definition) is 1. The summed E-state index contributed by atoms with van der Waals surface area (Å²) in [6.07, 6.45) is 1.75. The standard InChI is InChI=1S/C6H9BrN2O/c1-5-6(4-8-9-5)10-3-2-7/h4H,2-3H2,1H3,(H,8,9). The van der Waals surface area contributed by atoms with E-state index < -0.39 is 0 Å². The van der Waals surface area contributed by atoms with Crippen molar-refractivity contribution in [2.45, 2.75) is 6.92 Å². The predicted molar refractivity (Wildman–Crippen MR) is 42.6 cm³/mol. The van der Waals surface area contributed by atoms with Crippen LogP contribution in [0, 0.1) is 6.92 Å². The first-order valence-electron chi connectivity index (χ1n) is 3.03. The molecule has 0 atom stereocenters. The minimum Gasteiger partial charge on any atom is -0.489 e. The van der Waals surface area contributed by atoms with E-state index in [0.717, 1.165) is 16.8 Å². The number of H-pyrrole nitrogens is 1. The molecular formula is C6H9BrN2O. The lowest BCUT2D eigenvalue weighted by atomic mass is 10.4. The van der Waals surface area contributed by atoms with Crippen LogP contribution >= 0.6 is 15.9 Å². The lowest BCUT2D eigenvalue weighted by Crippen LogP contribution is -1.97. The van der Waals surface area contributed by atoms with Crippen molar-refractivity contribution in [3.63, 3.8) is 0 Å². The van der Waals surface area contributed by atoms with Gasteiger partial charge in [0.2, 0.25) is 0 Å². The van der Waals surface area contributed by atoms with Gasteiger partial charge in [-0.15, -0.1) is 0 Å². The highest BCUT2D eigenvalue weighted by atomic mass is 79.9. The Bertz CT molecular complexity index is 199. The largest absolute Gasteiger partial charge is 0.489 e. The van der Waals surface area contributed by atoms with Gasteiger partial charge >= 0.3 is 0 Å². The van der Waals surface area contributed by atoms with Crippen LogP contribution in [0.25, 0.3) is 0 Å². The molecule has 0 aromatic carbocycles. The van der Waals surface area contributed by atoms with Crippen LogP contribution in [0.1, 0.15) is 5.69 Å². The molecule has 1 aromatic heterocycles. The molecule has 1 heterocycles. The monoisotopic (exact) mass is 204 g/mol. The van der Waals surface area contributed by atoms with E-state index in [1.807, 2.05) is 6.92 Å². The van der Waals surface area contributed by atoms with Gasteiger partial charge in [-0.05, 0) is 6.92 Å². The number of ether oxygens (including phenoxy) is 1. The van der Waals surface area contributed by atoms with Gasteiger partial charge in [0.25, 0.3) is 0 Å². The Labute approximate surface area is 67.9 Å². The quantitative estimate of drug-likeness (QED) is 0.759. The van der Waals surface area contributed by atoms with E-state index in [9.17, 15) is 0 Å². The Morgan fingerprint density at radius 2 is 2.60 bits per heavy atom. The Hall–Kier alpha value is -0.510. The first-order chi connectivity index (χ1) is 4.84. The molecule has 0 radical (unpaired) electrons. The van der Waals surface area contributed by atoms with Gasteiger partial charge in [0.1, 0.15) is 5.69 Å². The van der Waals surface area contributed by atoms with E-state index in [-0.39, 0.29) is 0 Å². The number of rotatable bonds is 3. The van der Waals surface area contributed by atoms with Crippen molar-refractivity contribution >= 4 is 15.9 Å². The lowest BCUT2D eigenvalue weighted by molar-refractivity contribution is 0.343. The third kappa shape index (κ3) is 1.73. The van der Waals surface area contributed by atoms with Crippen LogP contribution in [0.15, 0.2) is 6.20 Å². The molecule has 0 fully saturated rings. The van der Waals surface area contributed by atoms with E-state index in [2.05, 4.69) is 26.1 Å². The summed E-state index contributed by atoms with van der Waals surface area (Å²) < 4.78 is 5.29. The van der Waals surface area contributed by atoms with Crippen molar-refractivity contribution in [1.29, 1.82) is 0 Å². The van der Waals surface area contributed by atoms with Crippen LogP contribution in [-0.4, -0.2) is 22.1 Å². The fourth-order valence-electron chi connectivity index (χ4n) is 0.642. The highest BCUT2D eigenvalue weighted by molar-refractivity contribution is 9.09. The van der Waals surface area contributed by atoms with E-state index in [0.29, 0.717) is 6.61 Å². The molecule has 0 unspecified atom stereocenters. The molecule has 0 bridgehead atoms. The molecule has 0 saturated carbocycles. The maximum absolute atomic E-state index is 5.29. The van der Waals surface area contributed by atoms with Crippen LogP contribution in [0.2, 0.25) is 0 Å². The summed E-state index contributed by atoms with van der Waals surface area (Å²) in [5.41, 5.74) is 0.904. The minimum atomic E-state index is 0.681. The van der Waals surface area contributed by atoms with Gasteiger partial charge in [-0.1, -0.05) is 15.9 Å². The Morgan fingerprint density at radius 3 is 3.10 bits per heavy atom. The summed E-state index contributed by atoms with van der Waals surface area (Å²) in [5, 5.41) is 7.47. The summed E-state index contributed by atoms with van der Waals surface area (Å²) in [7, 11) is 0. The molecule has 1 rings (SSSR count). The van der Waals surface area contributed by atoms with E-state index in [1.54, 1.807) is 6.20 Å². The SMILES string of the molecule is Cc1n[nH]cc1OCCBr. The molecule has 4 heteroatoms. The van der Waals surface area contributed by atoms with Crippen LogP contribution in [-0.2, 0) is 0 Å². The lowest BCUT2D eigenvalue weighted by Gasteiger charge is -1.99. The molecule has 10 heavy (non-hydrogen) atoms. The zero-order chi connectivity index (χ0) is 7.40. The molecule has 0 aliphatic rings. The van der Waals surface area contributed by atoms with Crippen molar-refractivity contribution in [2.75, 3.05) is 11.9 Å². The molecule has 0 amide bonds. The molecule has 0 aliphatic heterocycles. The Kier molecular flexibility index (Phi) is 2.74. The molecule has 0 aliphatic carbocycles. The Balaban J connectivity index is 2.49. The third-order valence-corrected chi connectivity index (χ3v) is 1.44. The molecule has 0 spiro atoms. The second-order valence-corrected chi connectivity index (χ2v) is 2.67. The Morgan fingerprint density at radius 1 is 1.80 bits per heavy atom. The normalized spacial score (nSPS) is 9.80. The minimum absolute atomic E-state index is 0.681. The number of alkyl halides is 1. The molecule has 0 saturated heterocycles. The fourth-order valence-corrected chi connectivity index (χ4v) is 0.804. The van der Waals surface area contributed by atoms with Crippen LogP contribution in [0.4, 0.5) is 0 Å². The maximum Gasteiger partial charge on any atom is 0.159 e. The number of aryl methyl sites for hydroxylation is 1. The van der Waals surface area contributed by atoms with E-state index >= 15 is 0 Å². The maximum atomic E-state index is 5.29. The second-order valence-electron chi connectivity index (χ2n) is 1.87. The predicted octanol–water partition coefficient (Wildman–Crippen LogP) is 1.49. The van der Waals surface area contributed by atoms with Gasteiger partial charge < -0.3 is 4.74 Å². The summed E-state index contributed by atoms with van der Waals surface area (Å²) in [4.78, 5) is 0. The fraction of sp³-hybridized carbons (Fsp3) is 0.500. The highest BCUT2D eigenvalue weighted by Crippen LogP contribution is 2.12. The van der Waals surface area contributed by atoms with Gasteiger partial charge in [0.15, 0.2) is 5.75 Å². The van der Waals surface area contributed by atoms with E-state index in [4.69, 9.17) is 4.74 Å². The van der Waals surface area contributed by atoms with Crippen molar-refractivity contribution in [3.05, 3.63) is 11.9 Å². The van der Waals surface area contributed by atoms with Gasteiger partial charge in [-0.3, -0.25) is 5.10 Å². The zero-order valence-electron chi connectivity index (χ0n) is 5.72. The van der Waals surface area contributed by atoms with Crippen LogP contribution < -0.4 is 4.74 Å². The molecule has 3 nitrogen and oxygen atoms in total. The first-order valence-corrected chi connectivity index (χ1v) is 4.16. The number of nitrogens with one attached hydrogen (secondary N) is 1. The summed E-state index contributed by atoms with van der Waals surface area (Å²) in [5.74, 6) is 0.833. The van der Waals surface area contributed by atoms with Gasteiger partial charge in [0.05, 0.1) is 12.8 Å². The number of aromatic nitrogens is 2. The topological polar surface area (TPSA) is 37.9 Å². The number of hydrogen-bond acceptors (Lipinski definition) is 2. The number of nitrogens with zero attached hydrogens (tertiary/aromatic N) is 1. The van der Waals surface area contributed by atoms with Gasteiger partial charge in [-0.25, -0.2) is 0 Å². The number of aromatic amines is 1. The summed E-state index contributed by atoms with van der Waals surface area (Å²) in [6, 6.07) is 0. The van der Waals surface area contributed by atoms with Crippen LogP contribution in [0.5, 0.6) is 5.75 Å². The van der Waals surface area contributed by atoms with Crippen molar-refractivity contribution in [1.82, 2.24) is 10.2 Å². The van der Waals surface area contributed by atoms with Gasteiger partial charge in [0, 0.05) is 5.33 Å². The van der Waals surface area contributed by atoms with Crippen LogP contribution in [0.3, 0.4) is 0 Å². The smallest absolute Gasteiger partial charge is 0.159 e. The third-order valence-electron chi connectivity index (χ3n) is 1.12. The highest BCUT2D eigenvalue weighted by Gasteiger charge is 1.98. The number of halogens is 1. The summed E-state index contributed by atoms with van der Waals surface area (Å²) >= 11 is 3.26. The van der Waals surface area contributed by atoms with E-state index in [1.165, 1.54) is 0 Å². The second kappa shape index (κ2) is 3.61. The van der Waals surface area contributed by atoms with Crippen molar-refractivity contribution in [2.24, 2.45) is 0 Å². The first kappa shape index (κ1) is 7.60. The van der Waals surface area contributed by atoms with Crippen molar-refractivity contribution < 1.29 is 4.74 Å². The van der Waals surface area contributed by atoms with Gasteiger partial charge in [-0.2, -0.15) is 5.10 Å². The average molecular weight is 205 g/mol. The summed E-state index contributed by atoms with van der Waals surface area (Å²) in [6.45, 7) is 2.58.